The summed E-state index contributed by atoms with van der Waals surface area (Å²) in [4.78, 5) is 31.5. The fourth-order valence-corrected chi connectivity index (χ4v) is 1.14. The Kier molecular flexibility index (Phi) is 2.05. The quantitative estimate of drug-likeness (QED) is 0.699. The van der Waals surface area contributed by atoms with Crippen molar-refractivity contribution < 1.29 is 9.90 Å². The molecular formula is C8H6N4O3. The van der Waals surface area contributed by atoms with E-state index in [9.17, 15) is 9.59 Å². The highest BCUT2D eigenvalue weighted by Gasteiger charge is 2.12. The third-order valence-corrected chi connectivity index (χ3v) is 1.74. The van der Waals surface area contributed by atoms with E-state index >= 15 is 0 Å². The number of rotatable bonds is 2. The second kappa shape index (κ2) is 3.37. The number of hydrogen-bond acceptors (Lipinski definition) is 4. The van der Waals surface area contributed by atoms with Crippen LogP contribution in [0.25, 0.3) is 5.82 Å². The summed E-state index contributed by atoms with van der Waals surface area (Å²) in [5.41, 5.74) is -0.356. The molecule has 2 aromatic rings. The molecule has 2 N–H and O–H groups in total. The molecule has 0 unspecified atom stereocenters. The number of H-pyrrole nitrogens is 1. The van der Waals surface area contributed by atoms with Gasteiger partial charge in [-0.3, -0.25) is 9.36 Å². The fourth-order valence-electron chi connectivity index (χ4n) is 1.14. The van der Waals surface area contributed by atoms with Gasteiger partial charge in [-0.05, 0) is 0 Å². The number of imidazole rings is 1. The lowest BCUT2D eigenvalue weighted by Gasteiger charge is -2.01. The van der Waals surface area contributed by atoms with E-state index in [4.69, 9.17) is 5.11 Å². The number of nitrogens with one attached hydrogen (secondary N) is 1. The van der Waals surface area contributed by atoms with Gasteiger partial charge in [0, 0.05) is 18.5 Å². The van der Waals surface area contributed by atoms with Crippen LogP contribution in [0.2, 0.25) is 0 Å². The molecule has 0 spiro atoms. The first-order valence-corrected chi connectivity index (χ1v) is 4.00. The molecule has 0 amide bonds. The van der Waals surface area contributed by atoms with E-state index in [-0.39, 0.29) is 17.2 Å². The third-order valence-electron chi connectivity index (χ3n) is 1.74. The lowest BCUT2D eigenvalue weighted by Crippen LogP contribution is -2.12. The highest BCUT2D eigenvalue weighted by molar-refractivity contribution is 5.84. The number of carboxylic acid groups (broad SMARTS) is 1. The molecule has 0 aromatic carbocycles. The average Bonchev–Trinajstić information content (AvgIpc) is 2.65. The molecule has 2 aromatic heterocycles. The van der Waals surface area contributed by atoms with Crippen LogP contribution in [-0.2, 0) is 0 Å². The molecule has 0 saturated heterocycles. The minimum absolute atomic E-state index is 0.187. The van der Waals surface area contributed by atoms with E-state index in [0.29, 0.717) is 0 Å². The molecule has 0 aliphatic rings. The Labute approximate surface area is 83.0 Å². The SMILES string of the molecule is O=C(O)c1nccn1-c1cc(=O)[nH]cn1. The summed E-state index contributed by atoms with van der Waals surface area (Å²) in [5.74, 6) is -1.15. The summed E-state index contributed by atoms with van der Waals surface area (Å²) in [6, 6.07) is 1.19. The van der Waals surface area contributed by atoms with Crippen LogP contribution in [0.1, 0.15) is 10.6 Å². The van der Waals surface area contributed by atoms with Gasteiger partial charge in [0.05, 0.1) is 6.33 Å². The minimum Gasteiger partial charge on any atom is -0.475 e. The molecule has 7 heteroatoms. The lowest BCUT2D eigenvalue weighted by atomic mass is 10.5. The molecule has 0 aliphatic carbocycles. The Balaban J connectivity index is 2.59. The van der Waals surface area contributed by atoms with Gasteiger partial charge in [0.1, 0.15) is 5.82 Å². The van der Waals surface area contributed by atoms with Gasteiger partial charge in [-0.1, -0.05) is 0 Å². The Hall–Kier alpha value is -2.44. The van der Waals surface area contributed by atoms with Crippen molar-refractivity contribution in [3.8, 4) is 5.82 Å². The van der Waals surface area contributed by atoms with Gasteiger partial charge in [-0.25, -0.2) is 14.8 Å². The topological polar surface area (TPSA) is 101 Å². The van der Waals surface area contributed by atoms with Gasteiger partial charge in [0.25, 0.3) is 5.56 Å². The maximum atomic E-state index is 11.0. The molecule has 0 saturated carbocycles. The van der Waals surface area contributed by atoms with E-state index in [1.54, 1.807) is 0 Å². The van der Waals surface area contributed by atoms with E-state index in [1.807, 2.05) is 0 Å². The van der Waals surface area contributed by atoms with Crippen LogP contribution in [-0.4, -0.2) is 30.6 Å². The Bertz CT molecular complexity index is 557. The van der Waals surface area contributed by atoms with Crippen molar-refractivity contribution in [2.75, 3.05) is 0 Å². The summed E-state index contributed by atoms with van der Waals surface area (Å²) >= 11 is 0. The van der Waals surface area contributed by atoms with Crippen LogP contribution in [0.3, 0.4) is 0 Å². The molecule has 0 bridgehead atoms. The lowest BCUT2D eigenvalue weighted by molar-refractivity contribution is 0.0681. The molecule has 0 aliphatic heterocycles. The number of aromatic amines is 1. The monoisotopic (exact) mass is 206 g/mol. The van der Waals surface area contributed by atoms with Crippen molar-refractivity contribution in [2.45, 2.75) is 0 Å². The van der Waals surface area contributed by atoms with Crippen LogP contribution < -0.4 is 5.56 Å². The highest BCUT2D eigenvalue weighted by Crippen LogP contribution is 2.04. The van der Waals surface area contributed by atoms with E-state index in [1.165, 1.54) is 29.4 Å². The minimum atomic E-state index is -1.18. The van der Waals surface area contributed by atoms with E-state index < -0.39 is 5.97 Å². The maximum Gasteiger partial charge on any atom is 0.372 e. The molecule has 76 valence electrons. The molecular weight excluding hydrogens is 200 g/mol. The van der Waals surface area contributed by atoms with E-state index in [0.717, 1.165) is 0 Å². The molecule has 2 heterocycles. The van der Waals surface area contributed by atoms with Crippen molar-refractivity contribution in [1.82, 2.24) is 19.5 Å². The highest BCUT2D eigenvalue weighted by atomic mass is 16.4. The number of nitrogens with zero attached hydrogens (tertiary/aromatic N) is 3. The van der Waals surface area contributed by atoms with Crippen molar-refractivity contribution in [3.05, 3.63) is 41.0 Å². The van der Waals surface area contributed by atoms with Gasteiger partial charge in [-0.2, -0.15) is 0 Å². The fraction of sp³-hybridized carbons (Fsp3) is 0. The molecule has 0 fully saturated rings. The predicted molar refractivity (Wildman–Crippen MR) is 48.9 cm³/mol. The van der Waals surface area contributed by atoms with E-state index in [2.05, 4.69) is 15.0 Å². The molecule has 2 rings (SSSR count). The van der Waals surface area contributed by atoms with Gasteiger partial charge in [0.15, 0.2) is 0 Å². The summed E-state index contributed by atoms with van der Waals surface area (Å²) in [7, 11) is 0. The van der Waals surface area contributed by atoms with Crippen LogP contribution >= 0.6 is 0 Å². The van der Waals surface area contributed by atoms with Crippen LogP contribution in [0.5, 0.6) is 0 Å². The summed E-state index contributed by atoms with van der Waals surface area (Å²) < 4.78 is 1.22. The Morgan fingerprint density at radius 3 is 2.93 bits per heavy atom. The Morgan fingerprint density at radius 1 is 1.47 bits per heavy atom. The zero-order chi connectivity index (χ0) is 10.8. The zero-order valence-corrected chi connectivity index (χ0v) is 7.41. The van der Waals surface area contributed by atoms with Crippen molar-refractivity contribution >= 4 is 5.97 Å². The smallest absolute Gasteiger partial charge is 0.372 e. The second-order valence-electron chi connectivity index (χ2n) is 2.70. The van der Waals surface area contributed by atoms with Crippen molar-refractivity contribution in [1.29, 1.82) is 0 Å². The first-order valence-electron chi connectivity index (χ1n) is 4.00. The number of carbonyl (C=O) groups is 1. The average molecular weight is 206 g/mol. The number of aromatic carboxylic acids is 1. The van der Waals surface area contributed by atoms with Crippen LogP contribution in [0.15, 0.2) is 29.6 Å². The third kappa shape index (κ3) is 1.62. The van der Waals surface area contributed by atoms with Gasteiger partial charge >= 0.3 is 5.97 Å². The van der Waals surface area contributed by atoms with Crippen LogP contribution in [0.4, 0.5) is 0 Å². The standard InChI is InChI=1S/C8H6N4O3/c13-6-3-5(10-4-11-6)12-2-1-9-7(12)8(14)15/h1-4H,(H,14,15)(H,10,11,13). The van der Waals surface area contributed by atoms with Gasteiger partial charge < -0.3 is 10.1 Å². The summed E-state index contributed by atoms with van der Waals surface area (Å²) in [6.07, 6.45) is 3.95. The maximum absolute atomic E-state index is 11.0. The molecule has 0 radical (unpaired) electrons. The van der Waals surface area contributed by atoms with Gasteiger partial charge in [0.2, 0.25) is 5.82 Å². The Morgan fingerprint density at radius 2 is 2.27 bits per heavy atom. The number of carboxylic acids is 1. The van der Waals surface area contributed by atoms with Gasteiger partial charge in [-0.15, -0.1) is 0 Å². The first kappa shape index (κ1) is 9.13. The number of hydrogen-bond donors (Lipinski definition) is 2. The van der Waals surface area contributed by atoms with Crippen molar-refractivity contribution in [2.24, 2.45) is 0 Å². The molecule has 7 nitrogen and oxygen atoms in total. The largest absolute Gasteiger partial charge is 0.475 e. The van der Waals surface area contributed by atoms with Crippen LogP contribution in [0, 0.1) is 0 Å². The first-order chi connectivity index (χ1) is 7.18. The normalized spacial score (nSPS) is 10.1. The summed E-state index contributed by atoms with van der Waals surface area (Å²) in [6.45, 7) is 0. The molecule has 15 heavy (non-hydrogen) atoms. The predicted octanol–water partition coefficient (Wildman–Crippen LogP) is -0.346. The summed E-state index contributed by atoms with van der Waals surface area (Å²) in [5, 5.41) is 8.79. The van der Waals surface area contributed by atoms with Crippen molar-refractivity contribution in [3.63, 3.8) is 0 Å². The number of aromatic nitrogens is 4. The second-order valence-corrected chi connectivity index (χ2v) is 2.70. The molecule has 0 atom stereocenters. The zero-order valence-electron chi connectivity index (χ0n) is 7.41.